The zero-order chi connectivity index (χ0) is 11.4. The maximum atomic E-state index is 10.7. The van der Waals surface area contributed by atoms with Gasteiger partial charge in [0.2, 0.25) is 0 Å². The van der Waals surface area contributed by atoms with Gasteiger partial charge in [-0.3, -0.25) is 0 Å². The van der Waals surface area contributed by atoms with E-state index >= 15 is 0 Å². The number of carbonyl (C=O) groups is 2. The number of aliphatic carboxylic acids is 1. The van der Waals surface area contributed by atoms with Crippen LogP contribution in [0.25, 0.3) is 6.08 Å². The first-order chi connectivity index (χ1) is 7.00. The van der Waals surface area contributed by atoms with Gasteiger partial charge in [0.05, 0.1) is 5.56 Å². The molecule has 0 atom stereocenters. The molecule has 0 spiro atoms. The quantitative estimate of drug-likeness (QED) is 0.739. The van der Waals surface area contributed by atoms with Gasteiger partial charge in [-0.25, -0.2) is 9.59 Å². The number of hydrogen-bond acceptors (Lipinski definition) is 2. The van der Waals surface area contributed by atoms with Gasteiger partial charge in [-0.2, -0.15) is 0 Å². The Morgan fingerprint density at radius 3 is 2.47 bits per heavy atom. The van der Waals surface area contributed by atoms with Gasteiger partial charge >= 0.3 is 11.9 Å². The van der Waals surface area contributed by atoms with Crippen LogP contribution in [-0.2, 0) is 4.79 Å². The normalized spacial score (nSPS) is 10.5. The highest BCUT2D eigenvalue weighted by atomic mass is 16.4. The number of benzene rings is 1. The monoisotopic (exact) mass is 206 g/mol. The van der Waals surface area contributed by atoms with E-state index in [0.717, 1.165) is 11.6 Å². The molecular formula is C11H10O4. The molecule has 0 saturated heterocycles. The second kappa shape index (κ2) is 4.41. The number of rotatable bonds is 3. The van der Waals surface area contributed by atoms with Gasteiger partial charge in [-0.15, -0.1) is 0 Å². The third-order valence-corrected chi connectivity index (χ3v) is 1.93. The van der Waals surface area contributed by atoms with Crippen molar-refractivity contribution in [3.05, 3.63) is 41.0 Å². The Kier molecular flexibility index (Phi) is 3.23. The first-order valence-corrected chi connectivity index (χ1v) is 4.25. The summed E-state index contributed by atoms with van der Waals surface area (Å²) in [6.07, 6.45) is 2.36. The van der Waals surface area contributed by atoms with E-state index in [9.17, 15) is 9.59 Å². The van der Waals surface area contributed by atoms with Gasteiger partial charge in [0.15, 0.2) is 0 Å². The second-order valence-electron chi connectivity index (χ2n) is 3.05. The van der Waals surface area contributed by atoms with Gasteiger partial charge in [0.25, 0.3) is 0 Å². The molecule has 15 heavy (non-hydrogen) atoms. The van der Waals surface area contributed by atoms with Crippen molar-refractivity contribution in [3.63, 3.8) is 0 Å². The summed E-state index contributed by atoms with van der Waals surface area (Å²) in [5.41, 5.74) is 1.57. The summed E-state index contributed by atoms with van der Waals surface area (Å²) < 4.78 is 0. The molecule has 0 fully saturated rings. The number of aromatic carboxylic acids is 1. The highest BCUT2D eigenvalue weighted by Crippen LogP contribution is 2.13. The maximum absolute atomic E-state index is 10.7. The van der Waals surface area contributed by atoms with Gasteiger partial charge in [0.1, 0.15) is 0 Å². The summed E-state index contributed by atoms with van der Waals surface area (Å²) in [6.45, 7) is 1.78. The predicted octanol–water partition coefficient (Wildman–Crippen LogP) is 1.79. The first kappa shape index (κ1) is 11.0. The SMILES string of the molecule is Cc1ccc(C(=O)O)cc1C=CC(=O)O. The third kappa shape index (κ3) is 2.95. The molecule has 0 aliphatic heterocycles. The van der Waals surface area contributed by atoms with E-state index in [1.165, 1.54) is 18.2 Å². The molecule has 1 rings (SSSR count). The Bertz CT molecular complexity index is 432. The lowest BCUT2D eigenvalue weighted by molar-refractivity contribution is -0.131. The number of hydrogen-bond donors (Lipinski definition) is 2. The highest BCUT2D eigenvalue weighted by molar-refractivity contribution is 5.90. The lowest BCUT2D eigenvalue weighted by Crippen LogP contribution is -1.97. The molecular weight excluding hydrogens is 196 g/mol. The van der Waals surface area contributed by atoms with Crippen LogP contribution < -0.4 is 0 Å². The fourth-order valence-corrected chi connectivity index (χ4v) is 1.11. The summed E-state index contributed by atoms with van der Waals surface area (Å²) in [5, 5.41) is 17.2. The van der Waals surface area contributed by atoms with Crippen LogP contribution >= 0.6 is 0 Å². The second-order valence-corrected chi connectivity index (χ2v) is 3.05. The molecule has 4 heteroatoms. The number of carboxylic acid groups (broad SMARTS) is 2. The van der Waals surface area contributed by atoms with Gasteiger partial charge in [-0.1, -0.05) is 6.07 Å². The molecule has 1 aromatic rings. The van der Waals surface area contributed by atoms with E-state index in [1.54, 1.807) is 13.0 Å². The lowest BCUT2D eigenvalue weighted by Gasteiger charge is -2.01. The van der Waals surface area contributed by atoms with Crippen LogP contribution in [0.3, 0.4) is 0 Å². The molecule has 2 N–H and O–H groups in total. The van der Waals surface area contributed by atoms with Crippen molar-refractivity contribution in [2.24, 2.45) is 0 Å². The molecule has 0 aromatic heterocycles. The molecule has 4 nitrogen and oxygen atoms in total. The van der Waals surface area contributed by atoms with Crippen molar-refractivity contribution >= 4 is 18.0 Å². The van der Waals surface area contributed by atoms with Crippen molar-refractivity contribution in [1.29, 1.82) is 0 Å². The zero-order valence-electron chi connectivity index (χ0n) is 8.10. The Balaban J connectivity index is 3.11. The molecule has 1 aromatic carbocycles. The minimum atomic E-state index is -1.06. The lowest BCUT2D eigenvalue weighted by atomic mass is 10.0. The molecule has 0 aliphatic rings. The molecule has 0 aliphatic carbocycles. The van der Waals surface area contributed by atoms with Crippen LogP contribution in [0.2, 0.25) is 0 Å². The first-order valence-electron chi connectivity index (χ1n) is 4.25. The van der Waals surface area contributed by atoms with E-state index in [4.69, 9.17) is 10.2 Å². The predicted molar refractivity (Wildman–Crippen MR) is 54.8 cm³/mol. The van der Waals surface area contributed by atoms with Crippen LogP contribution in [0, 0.1) is 6.92 Å². The van der Waals surface area contributed by atoms with Crippen molar-refractivity contribution in [2.75, 3.05) is 0 Å². The molecule has 78 valence electrons. The third-order valence-electron chi connectivity index (χ3n) is 1.93. The number of carboxylic acids is 2. The summed E-state index contributed by atoms with van der Waals surface area (Å²) in [4.78, 5) is 21.0. The van der Waals surface area contributed by atoms with Gasteiger partial charge in [-0.05, 0) is 36.3 Å². The van der Waals surface area contributed by atoms with E-state index in [2.05, 4.69) is 0 Å². The summed E-state index contributed by atoms with van der Waals surface area (Å²) in [5.74, 6) is -2.09. The summed E-state index contributed by atoms with van der Waals surface area (Å²) in [6, 6.07) is 4.57. The van der Waals surface area contributed by atoms with Crippen molar-refractivity contribution in [2.45, 2.75) is 6.92 Å². The van der Waals surface area contributed by atoms with Crippen LogP contribution in [-0.4, -0.2) is 22.2 Å². The van der Waals surface area contributed by atoms with Crippen LogP contribution in [0.4, 0.5) is 0 Å². The van der Waals surface area contributed by atoms with Crippen LogP contribution in [0.1, 0.15) is 21.5 Å². The van der Waals surface area contributed by atoms with E-state index in [0.29, 0.717) is 5.56 Å². The molecule has 0 saturated carbocycles. The molecule has 0 heterocycles. The van der Waals surface area contributed by atoms with Crippen molar-refractivity contribution in [1.82, 2.24) is 0 Å². The van der Waals surface area contributed by atoms with Crippen LogP contribution in [0.15, 0.2) is 24.3 Å². The zero-order valence-corrected chi connectivity index (χ0v) is 8.10. The molecule has 0 bridgehead atoms. The Morgan fingerprint density at radius 1 is 1.27 bits per heavy atom. The Labute approximate surface area is 86.5 Å². The smallest absolute Gasteiger partial charge is 0.335 e. The topological polar surface area (TPSA) is 74.6 Å². The molecule has 0 radical (unpaired) electrons. The van der Waals surface area contributed by atoms with Gasteiger partial charge < -0.3 is 10.2 Å². The Morgan fingerprint density at radius 2 is 1.93 bits per heavy atom. The minimum Gasteiger partial charge on any atom is -0.478 e. The Hall–Kier alpha value is -2.10. The summed E-state index contributed by atoms with van der Waals surface area (Å²) >= 11 is 0. The van der Waals surface area contributed by atoms with E-state index in [1.807, 2.05) is 0 Å². The minimum absolute atomic E-state index is 0.144. The average molecular weight is 206 g/mol. The van der Waals surface area contributed by atoms with E-state index in [-0.39, 0.29) is 5.56 Å². The van der Waals surface area contributed by atoms with Crippen molar-refractivity contribution < 1.29 is 19.8 Å². The fourth-order valence-electron chi connectivity index (χ4n) is 1.11. The van der Waals surface area contributed by atoms with Crippen molar-refractivity contribution in [3.8, 4) is 0 Å². The van der Waals surface area contributed by atoms with Crippen LogP contribution in [0.5, 0.6) is 0 Å². The maximum Gasteiger partial charge on any atom is 0.335 e. The number of aryl methyl sites for hydroxylation is 1. The molecule has 0 unspecified atom stereocenters. The fraction of sp³-hybridized carbons (Fsp3) is 0.0909. The largest absolute Gasteiger partial charge is 0.478 e. The summed E-state index contributed by atoms with van der Waals surface area (Å²) in [7, 11) is 0. The standard InChI is InChI=1S/C11H10O4/c1-7-2-3-9(11(14)15)6-8(7)4-5-10(12)13/h2-6H,1H3,(H,12,13)(H,14,15). The highest BCUT2D eigenvalue weighted by Gasteiger charge is 2.04. The van der Waals surface area contributed by atoms with E-state index < -0.39 is 11.9 Å². The molecule has 0 amide bonds. The van der Waals surface area contributed by atoms with Gasteiger partial charge in [0, 0.05) is 6.08 Å². The average Bonchev–Trinajstić information content (AvgIpc) is 2.16.